The molecule has 7 nitrogen and oxygen atoms in total. The van der Waals surface area contributed by atoms with Gasteiger partial charge in [-0.25, -0.2) is 14.8 Å². The van der Waals surface area contributed by atoms with Crippen molar-refractivity contribution in [2.45, 2.75) is 19.8 Å². The van der Waals surface area contributed by atoms with Gasteiger partial charge in [-0.05, 0) is 19.8 Å². The monoisotopic (exact) mass is 264 g/mol. The van der Waals surface area contributed by atoms with Gasteiger partial charge < -0.3 is 15.3 Å². The average molecular weight is 264 g/mol. The van der Waals surface area contributed by atoms with E-state index in [0.29, 0.717) is 30.9 Å². The van der Waals surface area contributed by atoms with E-state index >= 15 is 0 Å². The summed E-state index contributed by atoms with van der Waals surface area (Å²) in [7, 11) is 0. The molecule has 1 fully saturated rings. The number of anilines is 1. The van der Waals surface area contributed by atoms with Gasteiger partial charge >= 0.3 is 12.0 Å². The molecule has 1 unspecified atom stereocenters. The quantitative estimate of drug-likeness (QED) is 0.834. The molecule has 0 aliphatic carbocycles. The van der Waals surface area contributed by atoms with E-state index in [4.69, 9.17) is 5.11 Å². The summed E-state index contributed by atoms with van der Waals surface area (Å²) < 4.78 is 0. The Balaban J connectivity index is 1.96. The third kappa shape index (κ3) is 3.40. The van der Waals surface area contributed by atoms with Gasteiger partial charge in [-0.3, -0.25) is 4.79 Å². The Morgan fingerprint density at radius 3 is 2.74 bits per heavy atom. The largest absolute Gasteiger partial charge is 0.481 e. The van der Waals surface area contributed by atoms with Gasteiger partial charge in [0.1, 0.15) is 5.82 Å². The first kappa shape index (κ1) is 13.3. The van der Waals surface area contributed by atoms with Crippen LogP contribution in [0, 0.1) is 12.8 Å². The lowest BCUT2D eigenvalue weighted by Crippen LogP contribution is -2.44. The molecule has 1 saturated heterocycles. The molecule has 0 bridgehead atoms. The molecule has 1 aromatic heterocycles. The Bertz CT molecular complexity index is 474. The molecule has 0 aromatic carbocycles. The summed E-state index contributed by atoms with van der Waals surface area (Å²) in [5.74, 6) is -0.702. The highest BCUT2D eigenvalue weighted by atomic mass is 16.4. The predicted octanol–water partition coefficient (Wildman–Crippen LogP) is 1.11. The summed E-state index contributed by atoms with van der Waals surface area (Å²) in [5.41, 5.74) is 0.507. The summed E-state index contributed by atoms with van der Waals surface area (Å²) in [5, 5.41) is 11.6. The number of nitrogens with one attached hydrogen (secondary N) is 1. The minimum Gasteiger partial charge on any atom is -0.481 e. The zero-order valence-corrected chi connectivity index (χ0v) is 10.7. The molecule has 1 aliphatic rings. The van der Waals surface area contributed by atoms with Crippen molar-refractivity contribution in [2.75, 3.05) is 18.4 Å². The number of rotatable bonds is 2. The summed E-state index contributed by atoms with van der Waals surface area (Å²) in [6.07, 6.45) is 4.37. The van der Waals surface area contributed by atoms with Gasteiger partial charge in [0.05, 0.1) is 24.0 Å². The molecular weight excluding hydrogens is 248 g/mol. The molecule has 0 saturated carbocycles. The first-order valence-corrected chi connectivity index (χ1v) is 6.13. The van der Waals surface area contributed by atoms with Crippen LogP contribution in [-0.2, 0) is 4.79 Å². The summed E-state index contributed by atoms with van der Waals surface area (Å²) in [6, 6.07) is -0.307. The standard InChI is InChI=1S/C12H16N4O3/c1-8-13-5-10(6-14-8)15-12(19)16-4-2-3-9(7-16)11(17)18/h5-6,9H,2-4,7H2,1H3,(H,15,19)(H,17,18). The number of carboxylic acids is 1. The van der Waals surface area contributed by atoms with Crippen LogP contribution in [-0.4, -0.2) is 45.1 Å². The molecule has 102 valence electrons. The Morgan fingerprint density at radius 2 is 2.11 bits per heavy atom. The van der Waals surface area contributed by atoms with Crippen LogP contribution in [0.25, 0.3) is 0 Å². The zero-order chi connectivity index (χ0) is 13.8. The minimum atomic E-state index is -0.851. The fourth-order valence-electron chi connectivity index (χ4n) is 2.02. The molecular formula is C12H16N4O3. The maximum atomic E-state index is 12.0. The van der Waals surface area contributed by atoms with Crippen molar-refractivity contribution >= 4 is 17.7 Å². The lowest BCUT2D eigenvalue weighted by Gasteiger charge is -2.30. The Kier molecular flexibility index (Phi) is 3.94. The molecule has 19 heavy (non-hydrogen) atoms. The number of carbonyl (C=O) groups is 2. The third-order valence-electron chi connectivity index (χ3n) is 3.09. The van der Waals surface area contributed by atoms with Crippen molar-refractivity contribution in [1.29, 1.82) is 0 Å². The maximum absolute atomic E-state index is 12.0. The minimum absolute atomic E-state index is 0.244. The number of hydrogen-bond acceptors (Lipinski definition) is 4. The molecule has 2 amide bonds. The smallest absolute Gasteiger partial charge is 0.321 e. The number of aliphatic carboxylic acids is 1. The molecule has 2 heterocycles. The highest BCUT2D eigenvalue weighted by Crippen LogP contribution is 2.17. The van der Waals surface area contributed by atoms with E-state index in [2.05, 4.69) is 15.3 Å². The second-order valence-corrected chi connectivity index (χ2v) is 4.57. The van der Waals surface area contributed by atoms with Crippen LogP contribution in [0.2, 0.25) is 0 Å². The Hall–Kier alpha value is -2.18. The number of piperidine rings is 1. The van der Waals surface area contributed by atoms with Gasteiger partial charge in [0, 0.05) is 13.1 Å². The number of hydrogen-bond donors (Lipinski definition) is 2. The van der Waals surface area contributed by atoms with Crippen LogP contribution in [0.5, 0.6) is 0 Å². The first-order chi connectivity index (χ1) is 9.06. The van der Waals surface area contributed by atoms with Crippen LogP contribution in [0.15, 0.2) is 12.4 Å². The number of nitrogens with zero attached hydrogens (tertiary/aromatic N) is 3. The maximum Gasteiger partial charge on any atom is 0.321 e. The van der Waals surface area contributed by atoms with Gasteiger partial charge in [-0.2, -0.15) is 0 Å². The predicted molar refractivity (Wildman–Crippen MR) is 67.7 cm³/mol. The van der Waals surface area contributed by atoms with E-state index in [1.807, 2.05) is 0 Å². The van der Waals surface area contributed by atoms with Gasteiger partial charge in [-0.15, -0.1) is 0 Å². The lowest BCUT2D eigenvalue weighted by molar-refractivity contribution is -0.143. The number of carbonyl (C=O) groups excluding carboxylic acids is 1. The number of aromatic nitrogens is 2. The second kappa shape index (κ2) is 5.64. The van der Waals surface area contributed by atoms with Crippen molar-refractivity contribution in [3.05, 3.63) is 18.2 Å². The van der Waals surface area contributed by atoms with Crippen molar-refractivity contribution in [2.24, 2.45) is 5.92 Å². The number of aryl methyl sites for hydroxylation is 1. The SMILES string of the molecule is Cc1ncc(NC(=O)N2CCCC(C(=O)O)C2)cn1. The van der Waals surface area contributed by atoms with Gasteiger partial charge in [-0.1, -0.05) is 0 Å². The first-order valence-electron chi connectivity index (χ1n) is 6.13. The molecule has 2 rings (SSSR count). The molecule has 7 heteroatoms. The van der Waals surface area contributed by atoms with Crippen molar-refractivity contribution < 1.29 is 14.7 Å². The number of likely N-dealkylation sites (tertiary alicyclic amines) is 1. The van der Waals surface area contributed by atoms with Crippen LogP contribution in [0.4, 0.5) is 10.5 Å². The van der Waals surface area contributed by atoms with Gasteiger partial charge in [0.25, 0.3) is 0 Å². The third-order valence-corrected chi connectivity index (χ3v) is 3.09. The average Bonchev–Trinajstić information content (AvgIpc) is 2.41. The summed E-state index contributed by atoms with van der Waals surface area (Å²) in [4.78, 5) is 32.4. The van der Waals surface area contributed by atoms with E-state index in [0.717, 1.165) is 0 Å². The summed E-state index contributed by atoms with van der Waals surface area (Å²) in [6.45, 7) is 2.57. The van der Waals surface area contributed by atoms with Crippen molar-refractivity contribution in [3.8, 4) is 0 Å². The molecule has 0 spiro atoms. The molecule has 1 aliphatic heterocycles. The molecule has 0 radical (unpaired) electrons. The van der Waals surface area contributed by atoms with Crippen LogP contribution in [0.3, 0.4) is 0 Å². The molecule has 1 atom stereocenters. The topological polar surface area (TPSA) is 95.4 Å². The highest BCUT2D eigenvalue weighted by molar-refractivity contribution is 5.89. The van der Waals surface area contributed by atoms with Crippen LogP contribution >= 0.6 is 0 Å². The number of carboxylic acid groups (broad SMARTS) is 1. The van der Waals surface area contributed by atoms with E-state index in [9.17, 15) is 9.59 Å². The normalized spacial score (nSPS) is 19.0. The number of urea groups is 1. The van der Waals surface area contributed by atoms with E-state index in [-0.39, 0.29) is 12.6 Å². The van der Waals surface area contributed by atoms with E-state index in [1.54, 1.807) is 6.92 Å². The van der Waals surface area contributed by atoms with Crippen molar-refractivity contribution in [3.63, 3.8) is 0 Å². The van der Waals surface area contributed by atoms with Crippen molar-refractivity contribution in [1.82, 2.24) is 14.9 Å². The Labute approximate surface area is 110 Å². The van der Waals surface area contributed by atoms with Gasteiger partial charge in [0.2, 0.25) is 0 Å². The Morgan fingerprint density at radius 1 is 1.42 bits per heavy atom. The van der Waals surface area contributed by atoms with Gasteiger partial charge in [0.15, 0.2) is 0 Å². The van der Waals surface area contributed by atoms with E-state index < -0.39 is 11.9 Å². The van der Waals surface area contributed by atoms with Crippen LogP contribution < -0.4 is 5.32 Å². The van der Waals surface area contributed by atoms with E-state index in [1.165, 1.54) is 17.3 Å². The number of amides is 2. The lowest BCUT2D eigenvalue weighted by atomic mass is 9.99. The fourth-order valence-corrected chi connectivity index (χ4v) is 2.02. The van der Waals surface area contributed by atoms with Crippen LogP contribution in [0.1, 0.15) is 18.7 Å². The molecule has 2 N–H and O–H groups in total. The second-order valence-electron chi connectivity index (χ2n) is 4.57. The zero-order valence-electron chi connectivity index (χ0n) is 10.7. The molecule has 1 aromatic rings. The summed E-state index contributed by atoms with van der Waals surface area (Å²) >= 11 is 0. The highest BCUT2D eigenvalue weighted by Gasteiger charge is 2.28. The fraction of sp³-hybridized carbons (Fsp3) is 0.500.